The first kappa shape index (κ1) is 25.0. The van der Waals surface area contributed by atoms with E-state index in [-0.39, 0.29) is 12.5 Å². The number of hydrogen-bond donors (Lipinski definition) is 1. The molecule has 0 fully saturated rings. The molecule has 3 rings (SSSR count). The maximum Gasteiger partial charge on any atom is 0.240 e. The lowest BCUT2D eigenvalue weighted by Gasteiger charge is -2.24. The van der Waals surface area contributed by atoms with Crippen LogP contribution in [0.5, 0.6) is 11.5 Å². The fraction of sp³-hybridized carbons (Fsp3) is 0.208. The predicted octanol–water partition coefficient (Wildman–Crippen LogP) is 5.20. The van der Waals surface area contributed by atoms with Crippen molar-refractivity contribution in [1.82, 2.24) is 5.32 Å². The second kappa shape index (κ2) is 12.0. The zero-order chi connectivity index (χ0) is 23.7. The van der Waals surface area contributed by atoms with Crippen LogP contribution in [-0.2, 0) is 14.8 Å². The van der Waals surface area contributed by atoms with Gasteiger partial charge in [0.25, 0.3) is 0 Å². The summed E-state index contributed by atoms with van der Waals surface area (Å²) in [4.78, 5) is 13.6. The van der Waals surface area contributed by atoms with E-state index in [4.69, 9.17) is 16.3 Å². The van der Waals surface area contributed by atoms with Crippen LogP contribution in [0.3, 0.4) is 0 Å². The molecule has 0 aliphatic rings. The smallest absolute Gasteiger partial charge is 0.240 e. The summed E-state index contributed by atoms with van der Waals surface area (Å²) in [7, 11) is -3.73. The number of para-hydroxylation sites is 3. The third-order valence-corrected chi connectivity index (χ3v) is 6.99. The average Bonchev–Trinajstić information content (AvgIpc) is 2.79. The van der Waals surface area contributed by atoms with E-state index in [2.05, 4.69) is 5.32 Å². The van der Waals surface area contributed by atoms with E-state index >= 15 is 0 Å². The fourth-order valence-corrected chi connectivity index (χ4v) is 4.79. The minimum atomic E-state index is -3.73. The Kier molecular flexibility index (Phi) is 9.05. The van der Waals surface area contributed by atoms with E-state index in [1.807, 2.05) is 42.5 Å². The van der Waals surface area contributed by atoms with Gasteiger partial charge >= 0.3 is 0 Å². The highest BCUT2D eigenvalue weighted by atomic mass is 35.5. The van der Waals surface area contributed by atoms with E-state index in [1.165, 1.54) is 0 Å². The van der Waals surface area contributed by atoms with Crippen LogP contribution in [0.1, 0.15) is 6.42 Å². The SMILES string of the molecule is CS(=O)(=O)N(CC(=O)NCCCSc1ccc(Cl)cc1)c1ccccc1Oc1ccccc1. The van der Waals surface area contributed by atoms with Crippen molar-refractivity contribution in [2.45, 2.75) is 11.3 Å². The Morgan fingerprint density at radius 1 is 1.00 bits per heavy atom. The van der Waals surface area contributed by atoms with Crippen molar-refractivity contribution in [3.63, 3.8) is 0 Å². The lowest BCUT2D eigenvalue weighted by atomic mass is 10.3. The number of benzene rings is 3. The molecule has 0 spiro atoms. The molecule has 1 N–H and O–H groups in total. The highest BCUT2D eigenvalue weighted by Gasteiger charge is 2.24. The molecule has 33 heavy (non-hydrogen) atoms. The summed E-state index contributed by atoms with van der Waals surface area (Å²) in [6.07, 6.45) is 1.81. The Bertz CT molecular complexity index is 1160. The number of rotatable bonds is 11. The molecule has 0 aromatic heterocycles. The number of nitrogens with one attached hydrogen (secondary N) is 1. The first-order valence-electron chi connectivity index (χ1n) is 10.3. The largest absolute Gasteiger partial charge is 0.455 e. The lowest BCUT2D eigenvalue weighted by Crippen LogP contribution is -2.40. The first-order chi connectivity index (χ1) is 15.8. The molecular weight excluding hydrogens is 480 g/mol. The fourth-order valence-electron chi connectivity index (χ4n) is 2.95. The van der Waals surface area contributed by atoms with Crippen LogP contribution in [0.2, 0.25) is 5.02 Å². The highest BCUT2D eigenvalue weighted by Crippen LogP contribution is 2.33. The van der Waals surface area contributed by atoms with Gasteiger partial charge in [-0.25, -0.2) is 8.42 Å². The monoisotopic (exact) mass is 504 g/mol. The zero-order valence-corrected chi connectivity index (χ0v) is 20.5. The van der Waals surface area contributed by atoms with Crippen LogP contribution < -0.4 is 14.4 Å². The number of sulfonamides is 1. The second-order valence-corrected chi connectivity index (χ2v) is 10.7. The Morgan fingerprint density at radius 3 is 2.36 bits per heavy atom. The molecule has 0 unspecified atom stereocenters. The van der Waals surface area contributed by atoms with Crippen molar-refractivity contribution in [1.29, 1.82) is 0 Å². The molecular formula is C24H25ClN2O4S2. The van der Waals surface area contributed by atoms with Gasteiger partial charge in [-0.05, 0) is 60.7 Å². The molecule has 1 amide bonds. The summed E-state index contributed by atoms with van der Waals surface area (Å²) in [5.74, 6) is 1.35. The summed E-state index contributed by atoms with van der Waals surface area (Å²) in [6, 6.07) is 23.4. The number of nitrogens with zero attached hydrogens (tertiary/aromatic N) is 1. The number of carbonyl (C=O) groups is 1. The molecule has 0 aliphatic carbocycles. The normalized spacial score (nSPS) is 11.1. The van der Waals surface area contributed by atoms with Gasteiger partial charge in [0, 0.05) is 16.5 Å². The van der Waals surface area contributed by atoms with E-state index in [0.29, 0.717) is 28.8 Å². The minimum absolute atomic E-state index is 0.303. The van der Waals surface area contributed by atoms with E-state index < -0.39 is 10.0 Å². The third kappa shape index (κ3) is 7.99. The van der Waals surface area contributed by atoms with Gasteiger partial charge in [0.2, 0.25) is 15.9 Å². The number of amides is 1. The maximum absolute atomic E-state index is 12.5. The van der Waals surface area contributed by atoms with Gasteiger partial charge in [0.05, 0.1) is 11.9 Å². The van der Waals surface area contributed by atoms with Crippen molar-refractivity contribution in [2.24, 2.45) is 0 Å². The molecule has 0 saturated carbocycles. The molecule has 0 radical (unpaired) electrons. The van der Waals surface area contributed by atoms with Crippen molar-refractivity contribution in [3.8, 4) is 11.5 Å². The molecule has 3 aromatic rings. The lowest BCUT2D eigenvalue weighted by molar-refractivity contribution is -0.119. The van der Waals surface area contributed by atoms with Crippen molar-refractivity contribution < 1.29 is 17.9 Å². The molecule has 0 bridgehead atoms. The number of carbonyl (C=O) groups excluding carboxylic acids is 1. The summed E-state index contributed by atoms with van der Waals surface area (Å²) in [6.45, 7) is 0.109. The Morgan fingerprint density at radius 2 is 1.67 bits per heavy atom. The van der Waals surface area contributed by atoms with E-state index in [0.717, 1.165) is 27.6 Å². The van der Waals surface area contributed by atoms with Crippen molar-refractivity contribution in [3.05, 3.63) is 83.9 Å². The van der Waals surface area contributed by atoms with Crippen LogP contribution >= 0.6 is 23.4 Å². The Hall–Kier alpha value is -2.68. The number of ether oxygens (including phenoxy) is 1. The molecule has 6 nitrogen and oxygen atoms in total. The molecule has 9 heteroatoms. The van der Waals surface area contributed by atoms with E-state index in [1.54, 1.807) is 48.2 Å². The molecule has 174 valence electrons. The quantitative estimate of drug-likeness (QED) is 0.287. The average molecular weight is 505 g/mol. The number of halogens is 1. The molecule has 0 saturated heterocycles. The molecule has 3 aromatic carbocycles. The van der Waals surface area contributed by atoms with Crippen molar-refractivity contribution >= 4 is 45.0 Å². The van der Waals surface area contributed by atoms with Crippen LogP contribution in [-0.4, -0.2) is 39.4 Å². The standard InChI is InChI=1S/C24H25ClN2O4S2/c1-33(29,30)27(22-10-5-6-11-23(22)31-20-8-3-2-4-9-20)18-24(28)26-16-7-17-32-21-14-12-19(25)13-15-21/h2-6,8-15H,7,16-18H2,1H3,(H,26,28). The van der Waals surface area contributed by atoms with Gasteiger partial charge in [-0.3, -0.25) is 9.10 Å². The van der Waals surface area contributed by atoms with Gasteiger partial charge < -0.3 is 10.1 Å². The molecule has 0 aliphatic heterocycles. The molecule has 0 atom stereocenters. The third-order valence-electron chi connectivity index (χ3n) is 4.52. The molecule has 0 heterocycles. The number of anilines is 1. The Labute approximate surface area is 204 Å². The maximum atomic E-state index is 12.5. The van der Waals surface area contributed by atoms with Gasteiger partial charge in [0.1, 0.15) is 12.3 Å². The van der Waals surface area contributed by atoms with Gasteiger partial charge in [-0.2, -0.15) is 0 Å². The highest BCUT2D eigenvalue weighted by molar-refractivity contribution is 7.99. The van der Waals surface area contributed by atoms with Crippen LogP contribution in [0.4, 0.5) is 5.69 Å². The van der Waals surface area contributed by atoms with E-state index in [9.17, 15) is 13.2 Å². The number of hydrogen-bond acceptors (Lipinski definition) is 5. The van der Waals surface area contributed by atoms with Gasteiger partial charge in [-0.15, -0.1) is 11.8 Å². The summed E-state index contributed by atoms with van der Waals surface area (Å²) >= 11 is 7.55. The van der Waals surface area contributed by atoms with Gasteiger partial charge in [0.15, 0.2) is 5.75 Å². The predicted molar refractivity (Wildman–Crippen MR) is 135 cm³/mol. The van der Waals surface area contributed by atoms with Crippen molar-refractivity contribution in [2.75, 3.05) is 29.4 Å². The first-order valence-corrected chi connectivity index (χ1v) is 13.5. The van der Waals surface area contributed by atoms with Crippen LogP contribution in [0.25, 0.3) is 0 Å². The zero-order valence-electron chi connectivity index (χ0n) is 18.1. The minimum Gasteiger partial charge on any atom is -0.455 e. The second-order valence-electron chi connectivity index (χ2n) is 7.16. The number of thioether (sulfide) groups is 1. The summed E-state index contributed by atoms with van der Waals surface area (Å²) in [5, 5.41) is 3.49. The van der Waals surface area contributed by atoms with Crippen LogP contribution in [0, 0.1) is 0 Å². The Balaban J connectivity index is 1.58. The summed E-state index contributed by atoms with van der Waals surface area (Å²) < 4.78 is 32.0. The summed E-state index contributed by atoms with van der Waals surface area (Å²) in [5.41, 5.74) is 0.303. The topological polar surface area (TPSA) is 75.7 Å². The van der Waals surface area contributed by atoms with Crippen LogP contribution in [0.15, 0.2) is 83.8 Å². The van der Waals surface area contributed by atoms with Gasteiger partial charge in [-0.1, -0.05) is 41.9 Å².